The summed E-state index contributed by atoms with van der Waals surface area (Å²) in [5.74, 6) is -1.19. The monoisotopic (exact) mass is 398 g/mol. The van der Waals surface area contributed by atoms with Crippen LogP contribution in [0.3, 0.4) is 0 Å². The number of likely N-dealkylation sites (tertiary alicyclic amines) is 1. The van der Waals surface area contributed by atoms with Crippen LogP contribution in [0.1, 0.15) is 12.8 Å². The topological polar surface area (TPSA) is 98.9 Å². The zero-order valence-corrected chi connectivity index (χ0v) is 14.7. The summed E-state index contributed by atoms with van der Waals surface area (Å²) in [6, 6.07) is 7.04. The highest BCUT2D eigenvalue weighted by molar-refractivity contribution is 9.10. The summed E-state index contributed by atoms with van der Waals surface area (Å²) in [7, 11) is 0. The van der Waals surface area contributed by atoms with Crippen molar-refractivity contribution in [1.82, 2.24) is 4.90 Å². The average Bonchev–Trinajstić information content (AvgIpc) is 2.58. The summed E-state index contributed by atoms with van der Waals surface area (Å²) >= 11 is 3.30. The molecule has 1 aliphatic heterocycles. The van der Waals surface area contributed by atoms with E-state index in [-0.39, 0.29) is 31.6 Å². The van der Waals surface area contributed by atoms with Crippen LogP contribution < -0.4 is 10.5 Å². The SMILES string of the molecule is NC(=O)[C@H]1CCCN(C(=O)COC(=O)COc2cccc(Br)c2)C1. The van der Waals surface area contributed by atoms with Crippen LogP contribution in [0.15, 0.2) is 28.7 Å². The minimum absolute atomic E-state index is 0.278. The van der Waals surface area contributed by atoms with E-state index in [9.17, 15) is 14.4 Å². The molecule has 1 aliphatic rings. The van der Waals surface area contributed by atoms with Gasteiger partial charge < -0.3 is 20.1 Å². The molecule has 24 heavy (non-hydrogen) atoms. The van der Waals surface area contributed by atoms with E-state index in [1.54, 1.807) is 18.2 Å². The Balaban J connectivity index is 1.73. The first-order valence-electron chi connectivity index (χ1n) is 7.57. The Hall–Kier alpha value is -2.09. The number of hydrogen-bond acceptors (Lipinski definition) is 5. The molecule has 1 aromatic rings. The largest absolute Gasteiger partial charge is 0.482 e. The van der Waals surface area contributed by atoms with Crippen molar-refractivity contribution >= 4 is 33.7 Å². The second kappa shape index (κ2) is 8.68. The molecule has 2 N–H and O–H groups in total. The van der Waals surface area contributed by atoms with E-state index in [2.05, 4.69) is 15.9 Å². The molecule has 1 fully saturated rings. The molecule has 2 amide bonds. The molecule has 0 bridgehead atoms. The van der Waals surface area contributed by atoms with E-state index >= 15 is 0 Å². The van der Waals surface area contributed by atoms with Crippen LogP contribution in [0, 0.1) is 5.92 Å². The van der Waals surface area contributed by atoms with Gasteiger partial charge in [-0.3, -0.25) is 9.59 Å². The summed E-state index contributed by atoms with van der Waals surface area (Å²) in [6.45, 7) is 0.161. The Morgan fingerprint density at radius 3 is 2.79 bits per heavy atom. The second-order valence-electron chi connectivity index (χ2n) is 5.49. The van der Waals surface area contributed by atoms with Crippen molar-refractivity contribution in [3.8, 4) is 5.75 Å². The van der Waals surface area contributed by atoms with E-state index < -0.39 is 11.9 Å². The second-order valence-corrected chi connectivity index (χ2v) is 6.40. The third kappa shape index (κ3) is 5.52. The van der Waals surface area contributed by atoms with Crippen LogP contribution in [0.4, 0.5) is 0 Å². The van der Waals surface area contributed by atoms with Crippen molar-refractivity contribution in [2.45, 2.75) is 12.8 Å². The predicted octanol–water partition coefficient (Wildman–Crippen LogP) is 1.10. The number of carbonyl (C=O) groups is 3. The molecule has 0 unspecified atom stereocenters. The first-order chi connectivity index (χ1) is 11.5. The molecule has 7 nitrogen and oxygen atoms in total. The molecule has 0 aliphatic carbocycles. The lowest BCUT2D eigenvalue weighted by molar-refractivity contribution is -0.154. The van der Waals surface area contributed by atoms with Gasteiger partial charge in [0.15, 0.2) is 13.2 Å². The molecule has 1 atom stereocenters. The summed E-state index contributed by atoms with van der Waals surface area (Å²) in [6.07, 6.45) is 1.39. The lowest BCUT2D eigenvalue weighted by atomic mass is 9.97. The molecule has 1 heterocycles. The summed E-state index contributed by atoms with van der Waals surface area (Å²) in [4.78, 5) is 36.4. The van der Waals surface area contributed by atoms with Crippen LogP contribution in [0.2, 0.25) is 0 Å². The third-order valence-corrected chi connectivity index (χ3v) is 4.18. The number of carbonyl (C=O) groups excluding carboxylic acids is 3. The van der Waals surface area contributed by atoms with Crippen molar-refractivity contribution < 1.29 is 23.9 Å². The number of piperidine rings is 1. The number of halogens is 1. The number of esters is 1. The average molecular weight is 399 g/mol. The van der Waals surface area contributed by atoms with Gasteiger partial charge >= 0.3 is 5.97 Å². The fraction of sp³-hybridized carbons (Fsp3) is 0.438. The van der Waals surface area contributed by atoms with Gasteiger partial charge in [-0.25, -0.2) is 4.79 Å². The maximum absolute atomic E-state index is 12.0. The number of amides is 2. The summed E-state index contributed by atoms with van der Waals surface area (Å²) < 4.78 is 11.0. The van der Waals surface area contributed by atoms with Crippen molar-refractivity contribution in [2.75, 3.05) is 26.3 Å². The number of primary amides is 1. The smallest absolute Gasteiger partial charge is 0.344 e. The fourth-order valence-corrected chi connectivity index (χ4v) is 2.79. The van der Waals surface area contributed by atoms with Gasteiger partial charge in [0.05, 0.1) is 5.92 Å². The first-order valence-corrected chi connectivity index (χ1v) is 8.36. The van der Waals surface area contributed by atoms with Crippen molar-refractivity contribution in [3.63, 3.8) is 0 Å². The van der Waals surface area contributed by atoms with Gasteiger partial charge in [-0.05, 0) is 31.0 Å². The molecular formula is C16H19BrN2O5. The molecule has 0 radical (unpaired) electrons. The highest BCUT2D eigenvalue weighted by Gasteiger charge is 2.27. The van der Waals surface area contributed by atoms with Crippen LogP contribution in [0.25, 0.3) is 0 Å². The zero-order chi connectivity index (χ0) is 17.5. The summed E-state index contributed by atoms with van der Waals surface area (Å²) in [5, 5.41) is 0. The van der Waals surface area contributed by atoms with E-state index in [0.29, 0.717) is 25.1 Å². The Morgan fingerprint density at radius 2 is 2.08 bits per heavy atom. The normalized spacial score (nSPS) is 17.2. The maximum Gasteiger partial charge on any atom is 0.344 e. The molecule has 0 aromatic heterocycles. The Morgan fingerprint density at radius 1 is 1.29 bits per heavy atom. The predicted molar refractivity (Wildman–Crippen MR) is 89.1 cm³/mol. The van der Waals surface area contributed by atoms with Gasteiger partial charge in [-0.1, -0.05) is 22.0 Å². The van der Waals surface area contributed by atoms with Crippen molar-refractivity contribution in [2.24, 2.45) is 11.7 Å². The zero-order valence-electron chi connectivity index (χ0n) is 13.1. The van der Waals surface area contributed by atoms with E-state index in [1.807, 2.05) is 6.07 Å². The molecule has 0 saturated carbocycles. The van der Waals surface area contributed by atoms with E-state index in [0.717, 1.165) is 4.47 Å². The molecule has 130 valence electrons. The molecule has 1 aromatic carbocycles. The number of benzene rings is 1. The van der Waals surface area contributed by atoms with Crippen LogP contribution in [-0.4, -0.2) is 49.0 Å². The highest BCUT2D eigenvalue weighted by atomic mass is 79.9. The number of nitrogens with two attached hydrogens (primary N) is 1. The fourth-order valence-electron chi connectivity index (χ4n) is 2.41. The highest BCUT2D eigenvalue weighted by Crippen LogP contribution is 2.18. The number of hydrogen-bond donors (Lipinski definition) is 1. The Bertz CT molecular complexity index is 622. The van der Waals surface area contributed by atoms with Gasteiger partial charge in [0, 0.05) is 17.6 Å². The number of nitrogens with zero attached hydrogens (tertiary/aromatic N) is 1. The number of rotatable bonds is 6. The van der Waals surface area contributed by atoms with E-state index in [1.165, 1.54) is 4.90 Å². The van der Waals surface area contributed by atoms with E-state index in [4.69, 9.17) is 15.2 Å². The van der Waals surface area contributed by atoms with Gasteiger partial charge in [-0.15, -0.1) is 0 Å². The van der Waals surface area contributed by atoms with Gasteiger partial charge in [-0.2, -0.15) is 0 Å². The molecule has 2 rings (SSSR count). The number of ether oxygens (including phenoxy) is 2. The lowest BCUT2D eigenvalue weighted by Gasteiger charge is -2.31. The Kier molecular flexibility index (Phi) is 6.60. The molecular weight excluding hydrogens is 380 g/mol. The van der Waals surface area contributed by atoms with Crippen molar-refractivity contribution in [1.29, 1.82) is 0 Å². The van der Waals surface area contributed by atoms with Gasteiger partial charge in [0.2, 0.25) is 5.91 Å². The lowest BCUT2D eigenvalue weighted by Crippen LogP contribution is -2.45. The Labute approximate surface area is 148 Å². The third-order valence-electron chi connectivity index (χ3n) is 3.69. The minimum atomic E-state index is -0.633. The minimum Gasteiger partial charge on any atom is -0.482 e. The summed E-state index contributed by atoms with van der Waals surface area (Å²) in [5.41, 5.74) is 5.28. The quantitative estimate of drug-likeness (QED) is 0.723. The maximum atomic E-state index is 12.0. The van der Waals surface area contributed by atoms with Gasteiger partial charge in [0.1, 0.15) is 5.75 Å². The standard InChI is InChI=1S/C16H19BrN2O5/c17-12-4-1-5-13(7-12)23-10-15(21)24-9-14(20)19-6-2-3-11(8-19)16(18)22/h1,4-5,7,11H,2-3,6,8-10H2,(H2,18,22)/t11-/m0/s1. The first kappa shape index (κ1) is 18.3. The molecule has 0 spiro atoms. The van der Waals surface area contributed by atoms with Crippen LogP contribution in [0.5, 0.6) is 5.75 Å². The van der Waals surface area contributed by atoms with Crippen LogP contribution >= 0.6 is 15.9 Å². The molecule has 1 saturated heterocycles. The van der Waals surface area contributed by atoms with Gasteiger partial charge in [0.25, 0.3) is 5.91 Å². The van der Waals surface area contributed by atoms with Crippen molar-refractivity contribution in [3.05, 3.63) is 28.7 Å². The molecule has 8 heteroatoms. The van der Waals surface area contributed by atoms with Crippen LogP contribution in [-0.2, 0) is 19.1 Å².